The predicted octanol–water partition coefficient (Wildman–Crippen LogP) is 3.14. The van der Waals surface area contributed by atoms with Crippen molar-refractivity contribution in [3.05, 3.63) is 30.1 Å². The zero-order valence-electron chi connectivity index (χ0n) is 11.0. The lowest BCUT2D eigenvalue weighted by atomic mass is 10.1. The summed E-state index contributed by atoms with van der Waals surface area (Å²) >= 11 is 2.05. The van der Waals surface area contributed by atoms with Crippen molar-refractivity contribution in [1.29, 1.82) is 0 Å². The molecule has 1 rings (SSSR count). The lowest BCUT2D eigenvalue weighted by molar-refractivity contribution is 0.550. The highest BCUT2D eigenvalue weighted by Gasteiger charge is 2.08. The second-order valence-corrected chi connectivity index (χ2v) is 5.44. The molecule has 0 bridgehead atoms. The van der Waals surface area contributed by atoms with Gasteiger partial charge in [0.1, 0.15) is 0 Å². The largest absolute Gasteiger partial charge is 0.313 e. The minimum absolute atomic E-state index is 0.592. The molecule has 0 radical (unpaired) electrons. The van der Waals surface area contributed by atoms with E-state index in [1.54, 1.807) is 0 Å². The molecule has 0 fully saturated rings. The van der Waals surface area contributed by atoms with E-state index in [0.717, 1.165) is 13.0 Å². The van der Waals surface area contributed by atoms with Gasteiger partial charge in [-0.15, -0.1) is 0 Å². The van der Waals surface area contributed by atoms with E-state index in [4.69, 9.17) is 0 Å². The first-order chi connectivity index (χ1) is 8.36. The number of hydrogen-bond acceptors (Lipinski definition) is 3. The van der Waals surface area contributed by atoms with Crippen molar-refractivity contribution in [2.24, 2.45) is 0 Å². The molecule has 96 valence electrons. The predicted molar refractivity (Wildman–Crippen MR) is 77.6 cm³/mol. The Labute approximate surface area is 110 Å². The number of nitrogens with one attached hydrogen (secondary N) is 1. The van der Waals surface area contributed by atoms with E-state index in [-0.39, 0.29) is 0 Å². The van der Waals surface area contributed by atoms with Crippen molar-refractivity contribution < 1.29 is 0 Å². The average molecular weight is 252 g/mol. The highest BCUT2D eigenvalue weighted by atomic mass is 32.2. The normalized spacial score (nSPS) is 12.6. The topological polar surface area (TPSA) is 24.9 Å². The van der Waals surface area contributed by atoms with E-state index in [9.17, 15) is 0 Å². The molecule has 0 saturated carbocycles. The molecule has 1 heterocycles. The van der Waals surface area contributed by atoms with Gasteiger partial charge in [-0.25, -0.2) is 0 Å². The molecule has 1 N–H and O–H groups in total. The van der Waals surface area contributed by atoms with E-state index in [1.807, 2.05) is 12.4 Å². The molecule has 1 unspecified atom stereocenters. The van der Waals surface area contributed by atoms with Gasteiger partial charge in [0.25, 0.3) is 0 Å². The van der Waals surface area contributed by atoms with Crippen LogP contribution in [-0.2, 0) is 6.42 Å². The minimum atomic E-state index is 0.592. The molecule has 3 heteroatoms. The zero-order chi connectivity index (χ0) is 12.3. The molecule has 0 aliphatic heterocycles. The zero-order valence-corrected chi connectivity index (χ0v) is 11.8. The van der Waals surface area contributed by atoms with E-state index in [1.165, 1.54) is 29.9 Å². The summed E-state index contributed by atoms with van der Waals surface area (Å²) in [5, 5.41) is 3.64. The molecule has 1 aromatic rings. The third kappa shape index (κ3) is 6.69. The Morgan fingerprint density at radius 3 is 2.65 bits per heavy atom. The number of hydrogen-bond donors (Lipinski definition) is 1. The van der Waals surface area contributed by atoms with Crippen LogP contribution in [0.3, 0.4) is 0 Å². The van der Waals surface area contributed by atoms with Gasteiger partial charge >= 0.3 is 0 Å². The third-order valence-corrected chi connectivity index (χ3v) is 3.92. The van der Waals surface area contributed by atoms with Crippen LogP contribution >= 0.6 is 11.8 Å². The van der Waals surface area contributed by atoms with Gasteiger partial charge in [-0.3, -0.25) is 4.98 Å². The lowest BCUT2D eigenvalue weighted by Gasteiger charge is -2.18. The average Bonchev–Trinajstić information content (AvgIpc) is 2.37. The molecule has 0 amide bonds. The number of thioether (sulfide) groups is 1. The Bertz CT molecular complexity index is 277. The summed E-state index contributed by atoms with van der Waals surface area (Å²) < 4.78 is 0. The first-order valence-corrected chi connectivity index (χ1v) is 7.72. The molecule has 0 aliphatic rings. The van der Waals surface area contributed by atoms with Gasteiger partial charge in [0.05, 0.1) is 0 Å². The third-order valence-electron chi connectivity index (χ3n) is 2.58. The van der Waals surface area contributed by atoms with Crippen LogP contribution in [0.4, 0.5) is 0 Å². The van der Waals surface area contributed by atoms with Gasteiger partial charge in [0.15, 0.2) is 0 Å². The fourth-order valence-electron chi connectivity index (χ4n) is 1.71. The molecule has 0 saturated heterocycles. The van der Waals surface area contributed by atoms with Crippen molar-refractivity contribution in [3.63, 3.8) is 0 Å². The van der Waals surface area contributed by atoms with E-state index < -0.39 is 0 Å². The Balaban J connectivity index is 2.39. The van der Waals surface area contributed by atoms with E-state index >= 15 is 0 Å². The molecule has 1 aromatic heterocycles. The summed E-state index contributed by atoms with van der Waals surface area (Å²) in [6.07, 6.45) is 7.34. The lowest BCUT2D eigenvalue weighted by Crippen LogP contribution is -2.34. The Morgan fingerprint density at radius 2 is 2.00 bits per heavy atom. The second-order valence-electron chi connectivity index (χ2n) is 4.29. The van der Waals surface area contributed by atoms with Gasteiger partial charge in [-0.2, -0.15) is 11.8 Å². The fraction of sp³-hybridized carbons (Fsp3) is 0.643. The molecule has 17 heavy (non-hydrogen) atoms. The molecule has 2 nitrogen and oxygen atoms in total. The quantitative estimate of drug-likeness (QED) is 0.684. The number of rotatable bonds is 9. The van der Waals surface area contributed by atoms with Crippen molar-refractivity contribution in [1.82, 2.24) is 10.3 Å². The summed E-state index contributed by atoms with van der Waals surface area (Å²) in [5.41, 5.74) is 1.38. The van der Waals surface area contributed by atoms with Gasteiger partial charge in [-0.05, 0) is 49.3 Å². The standard InChI is InChI=1S/C14H24N2S/c1-3-7-16-14(12-17-10-4-2)11-13-5-8-15-9-6-13/h5-6,8-9,14,16H,3-4,7,10-12H2,1-2H3. The van der Waals surface area contributed by atoms with Crippen LogP contribution in [-0.4, -0.2) is 29.1 Å². The van der Waals surface area contributed by atoms with Crippen LogP contribution < -0.4 is 5.32 Å². The first kappa shape index (κ1) is 14.5. The fourth-order valence-corrected chi connectivity index (χ4v) is 2.69. The highest BCUT2D eigenvalue weighted by Crippen LogP contribution is 2.09. The van der Waals surface area contributed by atoms with Crippen LogP contribution in [0.5, 0.6) is 0 Å². The van der Waals surface area contributed by atoms with Gasteiger partial charge in [0.2, 0.25) is 0 Å². The first-order valence-electron chi connectivity index (χ1n) is 6.56. The van der Waals surface area contributed by atoms with Crippen LogP contribution in [0.2, 0.25) is 0 Å². The van der Waals surface area contributed by atoms with Crippen LogP contribution in [0.25, 0.3) is 0 Å². The summed E-state index contributed by atoms with van der Waals surface area (Å²) in [6, 6.07) is 4.82. The van der Waals surface area contributed by atoms with E-state index in [2.05, 4.69) is 48.0 Å². The van der Waals surface area contributed by atoms with Crippen LogP contribution in [0.1, 0.15) is 32.3 Å². The summed E-state index contributed by atoms with van der Waals surface area (Å²) in [4.78, 5) is 4.06. The van der Waals surface area contributed by atoms with Crippen LogP contribution in [0.15, 0.2) is 24.5 Å². The van der Waals surface area contributed by atoms with Gasteiger partial charge in [-0.1, -0.05) is 13.8 Å². The smallest absolute Gasteiger partial charge is 0.0270 e. The molecular formula is C14H24N2S. The maximum absolute atomic E-state index is 4.06. The minimum Gasteiger partial charge on any atom is -0.313 e. The Kier molecular flexibility index (Phi) is 8.10. The molecular weight excluding hydrogens is 228 g/mol. The summed E-state index contributed by atoms with van der Waals surface area (Å²) in [7, 11) is 0. The van der Waals surface area contributed by atoms with Gasteiger partial charge in [0, 0.05) is 24.2 Å². The van der Waals surface area contributed by atoms with E-state index in [0.29, 0.717) is 6.04 Å². The Morgan fingerprint density at radius 1 is 1.24 bits per heavy atom. The summed E-state index contributed by atoms with van der Waals surface area (Å²) in [5.74, 6) is 2.47. The number of aromatic nitrogens is 1. The summed E-state index contributed by atoms with van der Waals surface area (Å²) in [6.45, 7) is 5.57. The monoisotopic (exact) mass is 252 g/mol. The Hall–Kier alpha value is -0.540. The van der Waals surface area contributed by atoms with Crippen molar-refractivity contribution in [2.45, 2.75) is 39.2 Å². The molecule has 0 aliphatic carbocycles. The maximum Gasteiger partial charge on any atom is 0.0270 e. The molecule has 1 atom stereocenters. The molecule has 0 aromatic carbocycles. The second kappa shape index (κ2) is 9.49. The SMILES string of the molecule is CCCNC(CSCCC)Cc1ccncc1. The van der Waals surface area contributed by atoms with Crippen molar-refractivity contribution in [3.8, 4) is 0 Å². The highest BCUT2D eigenvalue weighted by molar-refractivity contribution is 7.99. The van der Waals surface area contributed by atoms with Gasteiger partial charge < -0.3 is 5.32 Å². The maximum atomic E-state index is 4.06. The van der Waals surface area contributed by atoms with Crippen LogP contribution in [0, 0.1) is 0 Å². The molecule has 0 spiro atoms. The number of pyridine rings is 1. The number of nitrogens with zero attached hydrogens (tertiary/aromatic N) is 1. The van der Waals surface area contributed by atoms with Crippen molar-refractivity contribution >= 4 is 11.8 Å². The van der Waals surface area contributed by atoms with Crippen molar-refractivity contribution in [2.75, 3.05) is 18.1 Å².